The second-order valence-corrected chi connectivity index (χ2v) is 6.20. The second-order valence-electron chi connectivity index (χ2n) is 5.08. The van der Waals surface area contributed by atoms with Crippen LogP contribution in [0.15, 0.2) is 52.3 Å². The molecule has 25 heavy (non-hydrogen) atoms. The number of amides is 1. The Balaban J connectivity index is 2.20. The van der Waals surface area contributed by atoms with E-state index >= 15 is 0 Å². The van der Waals surface area contributed by atoms with Crippen LogP contribution in [0.25, 0.3) is 0 Å². The van der Waals surface area contributed by atoms with Crippen LogP contribution in [0.5, 0.6) is 0 Å². The van der Waals surface area contributed by atoms with E-state index in [4.69, 9.17) is 10.4 Å². The Hall–Kier alpha value is -3.29. The van der Waals surface area contributed by atoms with Gasteiger partial charge in [-0.2, -0.15) is 10.5 Å². The van der Waals surface area contributed by atoms with Crippen molar-refractivity contribution in [1.29, 1.82) is 10.5 Å². The van der Waals surface area contributed by atoms with E-state index < -0.39 is 5.97 Å². The van der Waals surface area contributed by atoms with Gasteiger partial charge in [0.2, 0.25) is 0 Å². The number of hydrogen-bond donors (Lipinski definition) is 1. The smallest absolute Gasteiger partial charge is 0.323 e. The number of benzene rings is 2. The number of carbonyl (C=O) groups excluding carboxylic acids is 1. The van der Waals surface area contributed by atoms with Gasteiger partial charge in [-0.15, -0.1) is 0 Å². The molecule has 0 saturated carbocycles. The lowest BCUT2D eigenvalue weighted by Gasteiger charge is -2.14. The zero-order chi connectivity index (χ0) is 18.4. The number of carboxylic acids is 1. The molecular weight excluding hydrogens is 338 g/mol. The summed E-state index contributed by atoms with van der Waals surface area (Å²) < 4.78 is 0. The van der Waals surface area contributed by atoms with Gasteiger partial charge in [0.25, 0.3) is 5.91 Å². The first-order chi connectivity index (χ1) is 12.0. The lowest BCUT2D eigenvalue weighted by molar-refractivity contribution is -0.137. The molecule has 2 aromatic carbocycles. The van der Waals surface area contributed by atoms with Crippen molar-refractivity contribution in [3.05, 3.63) is 59.2 Å². The summed E-state index contributed by atoms with van der Waals surface area (Å²) in [6.07, 6.45) is 0. The first kappa shape index (κ1) is 18.1. The van der Waals surface area contributed by atoms with Crippen LogP contribution in [0.4, 0.5) is 0 Å². The van der Waals surface area contributed by atoms with Gasteiger partial charge in [-0.05, 0) is 36.4 Å². The van der Waals surface area contributed by atoms with Gasteiger partial charge in [-0.1, -0.05) is 17.8 Å². The van der Waals surface area contributed by atoms with E-state index in [-0.39, 0.29) is 12.5 Å². The normalized spacial score (nSPS) is 9.72. The van der Waals surface area contributed by atoms with Crippen LogP contribution in [0, 0.1) is 22.7 Å². The molecule has 0 spiro atoms. The number of carbonyl (C=O) groups is 2. The van der Waals surface area contributed by atoms with Crippen LogP contribution in [0.2, 0.25) is 0 Å². The van der Waals surface area contributed by atoms with Crippen molar-refractivity contribution in [2.24, 2.45) is 0 Å². The summed E-state index contributed by atoms with van der Waals surface area (Å²) in [6.45, 7) is -0.373. The first-order valence-corrected chi connectivity index (χ1v) is 7.96. The van der Waals surface area contributed by atoms with Gasteiger partial charge in [0, 0.05) is 22.4 Å². The van der Waals surface area contributed by atoms with E-state index in [0.29, 0.717) is 21.6 Å². The molecular formula is C18H13N3O3S. The van der Waals surface area contributed by atoms with Crippen LogP contribution in [-0.4, -0.2) is 35.5 Å². The molecule has 0 fully saturated rings. The van der Waals surface area contributed by atoms with E-state index in [0.717, 1.165) is 9.80 Å². The lowest BCUT2D eigenvalue weighted by atomic mass is 10.1. The van der Waals surface area contributed by atoms with Crippen molar-refractivity contribution < 1.29 is 14.7 Å². The zero-order valence-corrected chi connectivity index (χ0v) is 14.1. The zero-order valence-electron chi connectivity index (χ0n) is 13.3. The fourth-order valence-corrected chi connectivity index (χ4v) is 3.04. The molecule has 1 N–H and O–H groups in total. The molecule has 0 atom stereocenters. The Kier molecular flexibility index (Phi) is 5.78. The average molecular weight is 351 g/mol. The van der Waals surface area contributed by atoms with Crippen LogP contribution >= 0.6 is 11.8 Å². The summed E-state index contributed by atoms with van der Waals surface area (Å²) >= 11 is 1.32. The molecule has 0 aromatic heterocycles. The van der Waals surface area contributed by atoms with Gasteiger partial charge in [0.1, 0.15) is 18.7 Å². The van der Waals surface area contributed by atoms with Crippen molar-refractivity contribution in [1.82, 2.24) is 4.90 Å². The third-order valence-corrected chi connectivity index (χ3v) is 4.37. The number of rotatable bonds is 5. The molecule has 2 aromatic rings. The van der Waals surface area contributed by atoms with Gasteiger partial charge < -0.3 is 10.0 Å². The summed E-state index contributed by atoms with van der Waals surface area (Å²) in [5.74, 6) is -1.47. The lowest BCUT2D eigenvalue weighted by Crippen LogP contribution is -2.31. The Morgan fingerprint density at radius 1 is 1.12 bits per heavy atom. The Morgan fingerprint density at radius 3 is 2.36 bits per heavy atom. The molecule has 0 saturated heterocycles. The molecule has 0 aliphatic heterocycles. The van der Waals surface area contributed by atoms with Crippen molar-refractivity contribution in [3.8, 4) is 12.1 Å². The summed E-state index contributed by atoms with van der Waals surface area (Å²) in [5.41, 5.74) is 1.00. The Bertz CT molecular complexity index is 895. The van der Waals surface area contributed by atoms with Crippen LogP contribution < -0.4 is 0 Å². The predicted octanol–water partition coefficient (Wildman–Crippen LogP) is 2.74. The minimum Gasteiger partial charge on any atom is -0.480 e. The molecule has 0 bridgehead atoms. The maximum atomic E-state index is 12.1. The maximum absolute atomic E-state index is 12.1. The molecule has 0 aliphatic carbocycles. The number of nitriles is 2. The van der Waals surface area contributed by atoms with E-state index in [9.17, 15) is 14.9 Å². The summed E-state index contributed by atoms with van der Waals surface area (Å²) in [7, 11) is 1.42. The summed E-state index contributed by atoms with van der Waals surface area (Å²) in [5, 5.41) is 27.0. The number of aliphatic carboxylic acids is 1. The fourth-order valence-electron chi connectivity index (χ4n) is 2.11. The molecule has 0 aliphatic rings. The third-order valence-electron chi connectivity index (χ3n) is 3.31. The molecule has 0 heterocycles. The van der Waals surface area contributed by atoms with Crippen LogP contribution in [0.1, 0.15) is 21.5 Å². The highest BCUT2D eigenvalue weighted by Crippen LogP contribution is 2.31. The fraction of sp³-hybridized carbons (Fsp3) is 0.111. The van der Waals surface area contributed by atoms with Gasteiger partial charge in [-0.25, -0.2) is 0 Å². The number of hydrogen-bond acceptors (Lipinski definition) is 5. The highest BCUT2D eigenvalue weighted by atomic mass is 32.2. The predicted molar refractivity (Wildman–Crippen MR) is 91.0 cm³/mol. The minimum absolute atomic E-state index is 0.314. The van der Waals surface area contributed by atoms with E-state index in [1.54, 1.807) is 42.5 Å². The number of nitrogens with zero attached hydrogens (tertiary/aromatic N) is 3. The van der Waals surface area contributed by atoms with Gasteiger partial charge in [0.15, 0.2) is 0 Å². The summed E-state index contributed by atoms with van der Waals surface area (Å²) in [4.78, 5) is 25.4. The van der Waals surface area contributed by atoms with Crippen molar-refractivity contribution in [2.45, 2.75) is 9.79 Å². The molecule has 124 valence electrons. The molecule has 1 amide bonds. The molecule has 2 rings (SSSR count). The number of likely N-dealkylation sites (N-methyl/N-ethyl adjacent to an activating group) is 1. The third kappa shape index (κ3) is 4.37. The van der Waals surface area contributed by atoms with Crippen molar-refractivity contribution in [2.75, 3.05) is 13.6 Å². The van der Waals surface area contributed by atoms with E-state index in [1.165, 1.54) is 18.8 Å². The van der Waals surface area contributed by atoms with Crippen molar-refractivity contribution >= 4 is 23.6 Å². The standard InChI is InChI=1S/C18H13N3O3S/c1-21(11-17(22)23)18(24)12-5-7-14(8-6-12)25-16-4-2-3-13(9-19)15(16)10-20/h2-8H,11H2,1H3,(H,22,23). The quantitative estimate of drug-likeness (QED) is 0.888. The topological polar surface area (TPSA) is 105 Å². The van der Waals surface area contributed by atoms with Crippen molar-refractivity contribution in [3.63, 3.8) is 0 Å². The molecule has 0 unspecified atom stereocenters. The minimum atomic E-state index is -1.08. The van der Waals surface area contributed by atoms with Gasteiger partial charge in [-0.3, -0.25) is 9.59 Å². The first-order valence-electron chi connectivity index (χ1n) is 7.14. The number of carboxylic acid groups (broad SMARTS) is 1. The SMILES string of the molecule is CN(CC(=O)O)C(=O)c1ccc(Sc2cccc(C#N)c2C#N)cc1. The average Bonchev–Trinajstić information content (AvgIpc) is 2.60. The maximum Gasteiger partial charge on any atom is 0.323 e. The van der Waals surface area contributed by atoms with Crippen LogP contribution in [0.3, 0.4) is 0 Å². The van der Waals surface area contributed by atoms with Gasteiger partial charge >= 0.3 is 5.97 Å². The molecule has 0 radical (unpaired) electrons. The van der Waals surface area contributed by atoms with E-state index in [2.05, 4.69) is 0 Å². The van der Waals surface area contributed by atoms with Crippen LogP contribution in [-0.2, 0) is 4.79 Å². The van der Waals surface area contributed by atoms with E-state index in [1.807, 2.05) is 12.1 Å². The Morgan fingerprint density at radius 2 is 1.80 bits per heavy atom. The van der Waals surface area contributed by atoms with Gasteiger partial charge in [0.05, 0.1) is 11.1 Å². The monoisotopic (exact) mass is 351 g/mol. The summed E-state index contributed by atoms with van der Waals surface area (Å²) in [6, 6.07) is 15.7. The molecule has 7 heteroatoms. The Labute approximate surface area is 148 Å². The second kappa shape index (κ2) is 8.00. The highest BCUT2D eigenvalue weighted by Gasteiger charge is 2.15. The molecule has 6 nitrogen and oxygen atoms in total. The highest BCUT2D eigenvalue weighted by molar-refractivity contribution is 7.99. The largest absolute Gasteiger partial charge is 0.480 e.